The van der Waals surface area contributed by atoms with Crippen molar-refractivity contribution in [3.8, 4) is 0 Å². The average molecular weight is 298 g/mol. The Labute approximate surface area is 115 Å². The fraction of sp³-hybridized carbons (Fsp3) is 0.273. The van der Waals surface area contributed by atoms with Crippen LogP contribution in [-0.2, 0) is 23.1 Å². The largest absolute Gasteiger partial charge is 0.326 e. The van der Waals surface area contributed by atoms with E-state index in [1.54, 1.807) is 23.8 Å². The summed E-state index contributed by atoms with van der Waals surface area (Å²) in [7, 11) is -3.56. The van der Waals surface area contributed by atoms with Crippen molar-refractivity contribution in [3.63, 3.8) is 0 Å². The van der Waals surface area contributed by atoms with Crippen LogP contribution < -0.4 is 10.5 Å². The molecule has 0 saturated carbocycles. The van der Waals surface area contributed by atoms with Gasteiger partial charge in [-0.1, -0.05) is 0 Å². The summed E-state index contributed by atoms with van der Waals surface area (Å²) in [5, 5.41) is 1.71. The molecule has 8 heteroatoms. The van der Waals surface area contributed by atoms with Gasteiger partial charge in [-0.05, 0) is 18.4 Å². The lowest BCUT2D eigenvalue weighted by Gasteiger charge is -2.06. The number of aryl methyl sites for hydroxylation is 1. The van der Waals surface area contributed by atoms with E-state index in [4.69, 9.17) is 5.73 Å². The SMILES string of the molecule is Cc1cnc(CNS(=O)(=O)c2ccsc2CN)cn1. The van der Waals surface area contributed by atoms with Gasteiger partial charge in [0.05, 0.1) is 29.0 Å². The zero-order chi connectivity index (χ0) is 13.9. The van der Waals surface area contributed by atoms with Crippen LogP contribution in [-0.4, -0.2) is 18.4 Å². The van der Waals surface area contributed by atoms with Gasteiger partial charge in [-0.25, -0.2) is 13.1 Å². The van der Waals surface area contributed by atoms with Crippen molar-refractivity contribution in [1.82, 2.24) is 14.7 Å². The number of nitrogens with zero attached hydrogens (tertiary/aromatic N) is 2. The zero-order valence-corrected chi connectivity index (χ0v) is 12.0. The summed E-state index contributed by atoms with van der Waals surface area (Å²) in [5.74, 6) is 0. The Kier molecular flexibility index (Phi) is 4.25. The summed E-state index contributed by atoms with van der Waals surface area (Å²) in [5.41, 5.74) is 6.87. The predicted octanol–water partition coefficient (Wildman–Crippen LogP) is 0.784. The lowest BCUT2D eigenvalue weighted by atomic mass is 10.4. The molecular weight excluding hydrogens is 284 g/mol. The summed E-state index contributed by atoms with van der Waals surface area (Å²) in [6.45, 7) is 2.13. The maximum absolute atomic E-state index is 12.1. The Morgan fingerprint density at radius 1 is 1.37 bits per heavy atom. The number of sulfonamides is 1. The quantitative estimate of drug-likeness (QED) is 0.850. The molecule has 0 fully saturated rings. The minimum Gasteiger partial charge on any atom is -0.326 e. The minimum absolute atomic E-state index is 0.107. The van der Waals surface area contributed by atoms with Gasteiger partial charge in [0, 0.05) is 17.6 Å². The molecule has 2 aromatic heterocycles. The van der Waals surface area contributed by atoms with E-state index < -0.39 is 10.0 Å². The van der Waals surface area contributed by atoms with Crippen molar-refractivity contribution in [1.29, 1.82) is 0 Å². The molecule has 0 aliphatic carbocycles. The number of nitrogens with one attached hydrogen (secondary N) is 1. The van der Waals surface area contributed by atoms with Gasteiger partial charge < -0.3 is 5.73 Å². The average Bonchev–Trinajstić information content (AvgIpc) is 2.87. The number of aromatic nitrogens is 2. The maximum atomic E-state index is 12.1. The molecule has 0 aliphatic heterocycles. The molecule has 0 atom stereocenters. The van der Waals surface area contributed by atoms with E-state index in [-0.39, 0.29) is 18.0 Å². The van der Waals surface area contributed by atoms with Crippen molar-refractivity contribution in [2.45, 2.75) is 24.9 Å². The Balaban J connectivity index is 2.12. The third-order valence-corrected chi connectivity index (χ3v) is 5.02. The number of nitrogens with two attached hydrogens (primary N) is 1. The molecule has 0 aromatic carbocycles. The second kappa shape index (κ2) is 5.74. The minimum atomic E-state index is -3.56. The first-order valence-corrected chi connectivity index (χ1v) is 7.93. The lowest BCUT2D eigenvalue weighted by molar-refractivity contribution is 0.579. The van der Waals surface area contributed by atoms with Crippen LogP contribution in [0.3, 0.4) is 0 Å². The Hall–Kier alpha value is -1.35. The van der Waals surface area contributed by atoms with E-state index in [1.165, 1.54) is 11.3 Å². The molecule has 2 heterocycles. The highest BCUT2D eigenvalue weighted by molar-refractivity contribution is 7.89. The molecule has 0 radical (unpaired) electrons. The van der Waals surface area contributed by atoms with E-state index in [2.05, 4.69) is 14.7 Å². The highest BCUT2D eigenvalue weighted by Gasteiger charge is 2.18. The van der Waals surface area contributed by atoms with E-state index in [0.717, 1.165) is 5.69 Å². The van der Waals surface area contributed by atoms with Crippen molar-refractivity contribution in [2.24, 2.45) is 5.73 Å². The highest BCUT2D eigenvalue weighted by Crippen LogP contribution is 2.21. The molecular formula is C11H14N4O2S2. The molecule has 3 N–H and O–H groups in total. The molecule has 0 unspecified atom stereocenters. The number of hydrogen-bond donors (Lipinski definition) is 2. The van der Waals surface area contributed by atoms with Gasteiger partial charge >= 0.3 is 0 Å². The highest BCUT2D eigenvalue weighted by atomic mass is 32.2. The fourth-order valence-corrected chi connectivity index (χ4v) is 3.81. The van der Waals surface area contributed by atoms with Crippen molar-refractivity contribution >= 4 is 21.4 Å². The predicted molar refractivity (Wildman–Crippen MR) is 73.0 cm³/mol. The third kappa shape index (κ3) is 3.35. The van der Waals surface area contributed by atoms with Crippen molar-refractivity contribution in [3.05, 3.63) is 40.1 Å². The smallest absolute Gasteiger partial charge is 0.242 e. The van der Waals surface area contributed by atoms with Gasteiger partial charge in [0.1, 0.15) is 0 Å². The molecule has 0 saturated heterocycles. The van der Waals surface area contributed by atoms with Crippen LogP contribution in [0, 0.1) is 6.92 Å². The van der Waals surface area contributed by atoms with Crippen LogP contribution >= 0.6 is 11.3 Å². The lowest BCUT2D eigenvalue weighted by Crippen LogP contribution is -2.24. The second-order valence-electron chi connectivity index (χ2n) is 3.89. The first kappa shape index (κ1) is 14.1. The van der Waals surface area contributed by atoms with Crippen LogP contribution in [0.25, 0.3) is 0 Å². The van der Waals surface area contributed by atoms with Gasteiger partial charge in [0.2, 0.25) is 10.0 Å². The van der Waals surface area contributed by atoms with Gasteiger partial charge in [0.15, 0.2) is 0 Å². The molecule has 19 heavy (non-hydrogen) atoms. The van der Waals surface area contributed by atoms with E-state index in [9.17, 15) is 8.42 Å². The monoisotopic (exact) mass is 298 g/mol. The van der Waals surface area contributed by atoms with Crippen LogP contribution in [0.15, 0.2) is 28.7 Å². The summed E-state index contributed by atoms with van der Waals surface area (Å²) in [4.78, 5) is 9.03. The zero-order valence-electron chi connectivity index (χ0n) is 10.3. The molecule has 102 valence electrons. The number of hydrogen-bond acceptors (Lipinski definition) is 6. The Bertz CT molecular complexity index is 650. The molecule has 0 aliphatic rings. The van der Waals surface area contributed by atoms with E-state index in [1.807, 2.05) is 6.92 Å². The van der Waals surface area contributed by atoms with Crippen LogP contribution in [0.5, 0.6) is 0 Å². The summed E-state index contributed by atoms with van der Waals surface area (Å²) >= 11 is 1.33. The first-order chi connectivity index (χ1) is 9.03. The topological polar surface area (TPSA) is 98.0 Å². The molecule has 0 bridgehead atoms. The Morgan fingerprint density at radius 3 is 2.79 bits per heavy atom. The normalized spacial score (nSPS) is 11.7. The summed E-state index contributed by atoms with van der Waals surface area (Å²) in [6.07, 6.45) is 3.15. The Morgan fingerprint density at radius 2 is 2.16 bits per heavy atom. The van der Waals surface area contributed by atoms with E-state index in [0.29, 0.717) is 10.6 Å². The molecule has 2 rings (SSSR count). The number of thiophene rings is 1. The van der Waals surface area contributed by atoms with E-state index >= 15 is 0 Å². The van der Waals surface area contributed by atoms with Gasteiger partial charge in [0.25, 0.3) is 0 Å². The van der Waals surface area contributed by atoms with Crippen LogP contribution in [0.1, 0.15) is 16.3 Å². The molecule has 2 aromatic rings. The van der Waals surface area contributed by atoms with Crippen LogP contribution in [0.4, 0.5) is 0 Å². The van der Waals surface area contributed by atoms with Gasteiger partial charge in [-0.2, -0.15) is 0 Å². The maximum Gasteiger partial charge on any atom is 0.242 e. The number of rotatable bonds is 5. The first-order valence-electron chi connectivity index (χ1n) is 5.56. The van der Waals surface area contributed by atoms with Crippen LogP contribution in [0.2, 0.25) is 0 Å². The standard InChI is InChI=1S/C11H14N4O2S2/c1-8-5-14-9(6-13-8)7-15-19(16,17)11-2-3-18-10(11)4-12/h2-3,5-6,15H,4,7,12H2,1H3. The fourth-order valence-electron chi connectivity index (χ4n) is 1.47. The summed E-state index contributed by atoms with van der Waals surface area (Å²) in [6, 6.07) is 1.55. The van der Waals surface area contributed by atoms with Gasteiger partial charge in [-0.3, -0.25) is 9.97 Å². The summed E-state index contributed by atoms with van der Waals surface area (Å²) < 4.78 is 26.7. The molecule has 0 spiro atoms. The van der Waals surface area contributed by atoms with Crippen molar-refractivity contribution < 1.29 is 8.42 Å². The molecule has 6 nitrogen and oxygen atoms in total. The van der Waals surface area contributed by atoms with Crippen molar-refractivity contribution in [2.75, 3.05) is 0 Å². The second-order valence-corrected chi connectivity index (χ2v) is 6.62. The third-order valence-electron chi connectivity index (χ3n) is 2.46. The van der Waals surface area contributed by atoms with Gasteiger partial charge in [-0.15, -0.1) is 11.3 Å². The molecule has 0 amide bonds.